The molecule has 2 aliphatic heterocycles. The van der Waals surface area contributed by atoms with Crippen molar-refractivity contribution in [2.45, 2.75) is 38.3 Å². The summed E-state index contributed by atoms with van der Waals surface area (Å²) in [5.41, 5.74) is 0.0630. The van der Waals surface area contributed by atoms with Gasteiger partial charge in [-0.3, -0.25) is 4.68 Å². The van der Waals surface area contributed by atoms with Crippen LogP contribution >= 0.6 is 11.6 Å². The smallest absolute Gasteiger partial charge is 0.113 e. The Labute approximate surface area is 113 Å². The molecule has 0 saturated carbocycles. The first-order valence-corrected chi connectivity index (χ1v) is 7.19. The van der Waals surface area contributed by atoms with E-state index >= 15 is 0 Å². The zero-order valence-electron chi connectivity index (χ0n) is 10.8. The van der Waals surface area contributed by atoms with E-state index in [0.29, 0.717) is 10.9 Å². The summed E-state index contributed by atoms with van der Waals surface area (Å²) in [6.07, 6.45) is 4.50. The van der Waals surface area contributed by atoms with Crippen LogP contribution in [0.4, 0.5) is 0 Å². The Morgan fingerprint density at radius 3 is 3.17 bits per heavy atom. The van der Waals surface area contributed by atoms with Gasteiger partial charge in [-0.2, -0.15) is 5.10 Å². The molecule has 4 nitrogen and oxygen atoms in total. The van der Waals surface area contributed by atoms with Crippen LogP contribution in [0, 0.1) is 5.92 Å². The molecule has 1 aromatic rings. The number of hydrogen-bond acceptors (Lipinski definition) is 3. The molecule has 5 heteroatoms. The summed E-state index contributed by atoms with van der Waals surface area (Å²) in [6.45, 7) is 5.99. The highest BCUT2D eigenvalue weighted by Gasteiger charge is 2.48. The van der Waals surface area contributed by atoms with E-state index in [2.05, 4.69) is 16.9 Å². The first kappa shape index (κ1) is 12.5. The van der Waals surface area contributed by atoms with Gasteiger partial charge in [-0.15, -0.1) is 0 Å². The topological polar surface area (TPSA) is 41.3 Å². The second-order valence-corrected chi connectivity index (χ2v) is 5.93. The first-order valence-electron chi connectivity index (χ1n) is 6.81. The number of hydrogen-bond donors (Lipinski definition) is 1. The van der Waals surface area contributed by atoms with Gasteiger partial charge in [0.05, 0.1) is 16.9 Å². The molecule has 18 heavy (non-hydrogen) atoms. The van der Waals surface area contributed by atoms with Crippen molar-refractivity contribution in [3.63, 3.8) is 0 Å². The Balaban J connectivity index is 1.99. The third-order valence-corrected chi connectivity index (χ3v) is 4.67. The van der Waals surface area contributed by atoms with E-state index in [9.17, 15) is 5.11 Å². The molecule has 3 unspecified atom stereocenters. The van der Waals surface area contributed by atoms with Crippen LogP contribution in [0.2, 0.25) is 5.02 Å². The lowest BCUT2D eigenvalue weighted by molar-refractivity contribution is -0.0570. The van der Waals surface area contributed by atoms with Crippen LogP contribution < -0.4 is 0 Å². The molecule has 2 bridgehead atoms. The second-order valence-electron chi connectivity index (χ2n) is 5.52. The van der Waals surface area contributed by atoms with E-state index in [4.69, 9.17) is 11.6 Å². The molecule has 1 N–H and O–H groups in total. The van der Waals surface area contributed by atoms with E-state index in [1.165, 1.54) is 0 Å². The fourth-order valence-corrected chi connectivity index (χ4v) is 3.75. The third-order valence-electron chi connectivity index (χ3n) is 4.40. The average Bonchev–Trinajstić information content (AvgIpc) is 2.92. The Kier molecular flexibility index (Phi) is 3.12. The summed E-state index contributed by atoms with van der Waals surface area (Å²) in [7, 11) is 0. The summed E-state index contributed by atoms with van der Waals surface area (Å²) in [6, 6.07) is 0. The van der Waals surface area contributed by atoms with Gasteiger partial charge in [-0.1, -0.05) is 18.5 Å². The quantitative estimate of drug-likeness (QED) is 0.911. The number of rotatable bonds is 3. The fraction of sp³-hybridized carbons (Fsp3) is 0.769. The van der Waals surface area contributed by atoms with E-state index in [-0.39, 0.29) is 0 Å². The van der Waals surface area contributed by atoms with Crippen LogP contribution in [0.15, 0.2) is 6.20 Å². The lowest BCUT2D eigenvalue weighted by Crippen LogP contribution is -2.45. The molecular weight excluding hydrogens is 250 g/mol. The van der Waals surface area contributed by atoms with Crippen LogP contribution in [-0.2, 0) is 12.1 Å². The number of aliphatic hydroxyl groups is 1. The van der Waals surface area contributed by atoms with Crippen LogP contribution in [0.3, 0.4) is 0 Å². The average molecular weight is 270 g/mol. The summed E-state index contributed by atoms with van der Waals surface area (Å²) in [5.74, 6) is 0.302. The molecule has 0 radical (unpaired) electrons. The minimum Gasteiger partial charge on any atom is -0.383 e. The van der Waals surface area contributed by atoms with Crippen molar-refractivity contribution < 1.29 is 5.11 Å². The molecule has 0 aliphatic carbocycles. The first-order chi connectivity index (χ1) is 8.65. The Hall–Kier alpha value is -0.580. The number of halogens is 1. The van der Waals surface area contributed by atoms with Crippen molar-refractivity contribution in [2.24, 2.45) is 5.92 Å². The number of aromatic nitrogens is 2. The van der Waals surface area contributed by atoms with Crippen LogP contribution in [0.25, 0.3) is 0 Å². The van der Waals surface area contributed by atoms with Gasteiger partial charge in [0.25, 0.3) is 0 Å². The van der Waals surface area contributed by atoms with Crippen molar-refractivity contribution in [1.82, 2.24) is 14.7 Å². The Morgan fingerprint density at radius 2 is 2.39 bits per heavy atom. The van der Waals surface area contributed by atoms with Crippen molar-refractivity contribution in [2.75, 3.05) is 19.6 Å². The van der Waals surface area contributed by atoms with Gasteiger partial charge < -0.3 is 10.0 Å². The summed E-state index contributed by atoms with van der Waals surface area (Å²) < 4.78 is 1.90. The molecule has 2 aliphatic rings. The Morgan fingerprint density at radius 1 is 1.56 bits per heavy atom. The highest BCUT2D eigenvalue weighted by atomic mass is 35.5. The van der Waals surface area contributed by atoms with Gasteiger partial charge in [0.1, 0.15) is 5.60 Å². The van der Waals surface area contributed by atoms with Crippen LogP contribution in [0.5, 0.6) is 0 Å². The molecule has 0 amide bonds. The maximum atomic E-state index is 11.1. The van der Waals surface area contributed by atoms with Gasteiger partial charge in [0.2, 0.25) is 0 Å². The van der Waals surface area contributed by atoms with Gasteiger partial charge in [-0.05, 0) is 25.8 Å². The van der Waals surface area contributed by atoms with E-state index in [1.54, 1.807) is 6.20 Å². The van der Waals surface area contributed by atoms with Crippen LogP contribution in [-0.4, -0.2) is 39.4 Å². The molecule has 3 atom stereocenters. The van der Waals surface area contributed by atoms with Gasteiger partial charge in [0, 0.05) is 25.6 Å². The molecule has 2 saturated heterocycles. The van der Waals surface area contributed by atoms with E-state index < -0.39 is 5.60 Å². The molecular formula is C13H20ClN3O. The number of aryl methyl sites for hydroxylation is 1. The molecule has 0 spiro atoms. The van der Waals surface area contributed by atoms with E-state index in [1.807, 2.05) is 4.68 Å². The lowest BCUT2D eigenvalue weighted by atomic mass is 9.79. The van der Waals surface area contributed by atoms with Gasteiger partial charge >= 0.3 is 0 Å². The summed E-state index contributed by atoms with van der Waals surface area (Å²) in [5, 5.41) is 16.1. The predicted octanol–water partition coefficient (Wildman–Crippen LogP) is 1.86. The van der Waals surface area contributed by atoms with Crippen molar-refractivity contribution >= 4 is 11.6 Å². The molecule has 1 aromatic heterocycles. The minimum absolute atomic E-state index is 0.302. The normalized spacial score (nSPS) is 35.1. The number of fused-ring (bicyclic) bond motifs is 2. The predicted molar refractivity (Wildman–Crippen MR) is 70.6 cm³/mol. The number of nitrogens with zero attached hydrogens (tertiary/aromatic N) is 3. The highest BCUT2D eigenvalue weighted by Crippen LogP contribution is 2.44. The van der Waals surface area contributed by atoms with Gasteiger partial charge in [0.15, 0.2) is 0 Å². The third kappa shape index (κ3) is 1.78. The summed E-state index contributed by atoms with van der Waals surface area (Å²) in [4.78, 5) is 2.42. The van der Waals surface area contributed by atoms with Crippen molar-refractivity contribution in [3.8, 4) is 0 Å². The molecule has 100 valence electrons. The molecule has 3 rings (SSSR count). The SMILES string of the molecule is CCCn1ncc(Cl)c1C1(O)CCN2CCC1C2. The highest BCUT2D eigenvalue weighted by molar-refractivity contribution is 6.31. The number of piperidine rings is 1. The zero-order chi connectivity index (χ0) is 12.8. The summed E-state index contributed by atoms with van der Waals surface area (Å²) >= 11 is 6.28. The Bertz CT molecular complexity index is 447. The zero-order valence-corrected chi connectivity index (χ0v) is 11.5. The molecule has 2 fully saturated rings. The monoisotopic (exact) mass is 269 g/mol. The van der Waals surface area contributed by atoms with Gasteiger partial charge in [-0.25, -0.2) is 0 Å². The van der Waals surface area contributed by atoms with Crippen molar-refractivity contribution in [1.29, 1.82) is 0 Å². The molecule has 3 heterocycles. The van der Waals surface area contributed by atoms with E-state index in [0.717, 1.165) is 51.1 Å². The second kappa shape index (κ2) is 4.51. The molecule has 0 aromatic carbocycles. The maximum Gasteiger partial charge on any atom is 0.113 e. The standard InChI is InChI=1S/C13H20ClN3O/c1-2-5-17-12(11(14)8-15-17)13(18)4-7-16-6-3-10(13)9-16/h8,10,18H,2-7,9H2,1H3. The van der Waals surface area contributed by atoms with Crippen LogP contribution in [0.1, 0.15) is 31.9 Å². The lowest BCUT2D eigenvalue weighted by Gasteiger charge is -2.39. The fourth-order valence-electron chi connectivity index (χ4n) is 3.44. The largest absolute Gasteiger partial charge is 0.383 e. The minimum atomic E-state index is -0.782. The maximum absolute atomic E-state index is 11.1. The van der Waals surface area contributed by atoms with Crippen molar-refractivity contribution in [3.05, 3.63) is 16.9 Å².